The second kappa shape index (κ2) is 16.5. The van der Waals surface area contributed by atoms with Gasteiger partial charge >= 0.3 is 0 Å². The van der Waals surface area contributed by atoms with Crippen LogP contribution in [0, 0.1) is 6.85 Å². The third kappa shape index (κ3) is 8.54. The molecule has 0 aliphatic rings. The number of benzene rings is 7. The molecule has 0 aliphatic carbocycles. The number of phenols is 1. The van der Waals surface area contributed by atoms with Gasteiger partial charge in [0.2, 0.25) is 0 Å². The molecule has 65 heavy (non-hydrogen) atoms. The minimum Gasteiger partial charge on any atom is -0.507 e. The Labute approximate surface area is 389 Å². The fourth-order valence-electron chi connectivity index (χ4n) is 8.90. The molecule has 2 heterocycles. The van der Waals surface area contributed by atoms with Gasteiger partial charge in [0.15, 0.2) is 0 Å². The van der Waals surface area contributed by atoms with Crippen LogP contribution < -0.4 is 0 Å². The van der Waals surface area contributed by atoms with Crippen molar-refractivity contribution in [3.8, 4) is 78.6 Å². The number of aromatic nitrogens is 3. The average molecular weight is 853 g/mol. The van der Waals surface area contributed by atoms with Crippen molar-refractivity contribution in [2.24, 2.45) is 0 Å². The Morgan fingerprint density at radius 1 is 0.477 bits per heavy atom. The van der Waals surface area contributed by atoms with Gasteiger partial charge in [0.1, 0.15) is 11.6 Å². The molecular formula is C61H59N3O. The summed E-state index contributed by atoms with van der Waals surface area (Å²) in [4.78, 5) is 10.6. The van der Waals surface area contributed by atoms with E-state index in [9.17, 15) is 5.11 Å². The van der Waals surface area contributed by atoms with Crippen molar-refractivity contribution in [2.75, 3.05) is 0 Å². The standard InChI is InChI=1S/C61H59N3O/c1-39-19-17-24-42(31-39)44-29-30-62-53(36-44)47-33-45(41-22-15-12-16-23-41)32-46(34-47)49-25-18-26-55-56(49)63-58(50-37-48(59(2,3)4)38-52(57(50)65)61(8,9)10)64(55)54-28-27-43(35-51(54)60(5,6)7)40-20-13-11-14-21-40/h11-38,65H,1-10H3/i1D3. The maximum Gasteiger partial charge on any atom is 0.149 e. The second-order valence-electron chi connectivity index (χ2n) is 20.4. The van der Waals surface area contributed by atoms with E-state index in [4.69, 9.17) is 14.1 Å². The van der Waals surface area contributed by atoms with Crippen LogP contribution in [0.25, 0.3) is 83.9 Å². The van der Waals surface area contributed by atoms with Gasteiger partial charge in [0.25, 0.3) is 0 Å². The molecule has 0 saturated heterocycles. The summed E-state index contributed by atoms with van der Waals surface area (Å²) in [7, 11) is 0. The average Bonchev–Trinajstić information content (AvgIpc) is 3.70. The topological polar surface area (TPSA) is 50.9 Å². The summed E-state index contributed by atoms with van der Waals surface area (Å²) in [6, 6.07) is 55.9. The van der Waals surface area contributed by atoms with Gasteiger partial charge in [-0.3, -0.25) is 9.55 Å². The third-order valence-corrected chi connectivity index (χ3v) is 12.5. The van der Waals surface area contributed by atoms with Crippen molar-refractivity contribution in [2.45, 2.75) is 85.4 Å². The Balaban J connectivity index is 1.33. The van der Waals surface area contributed by atoms with E-state index in [0.717, 1.165) is 89.2 Å². The Morgan fingerprint density at radius 3 is 1.77 bits per heavy atom. The number of phenolic OH excluding ortho intramolecular Hbond substituents is 1. The van der Waals surface area contributed by atoms with Gasteiger partial charge in [-0.05, 0) is 128 Å². The van der Waals surface area contributed by atoms with Gasteiger partial charge in [-0.1, -0.05) is 177 Å². The molecule has 0 fully saturated rings. The van der Waals surface area contributed by atoms with Gasteiger partial charge in [-0.2, -0.15) is 0 Å². The van der Waals surface area contributed by atoms with Crippen molar-refractivity contribution >= 4 is 11.0 Å². The second-order valence-corrected chi connectivity index (χ2v) is 20.4. The largest absolute Gasteiger partial charge is 0.507 e. The number of hydrogen-bond donors (Lipinski definition) is 1. The van der Waals surface area contributed by atoms with E-state index in [-0.39, 0.29) is 22.0 Å². The normalized spacial score (nSPS) is 13.1. The van der Waals surface area contributed by atoms with Crippen LogP contribution in [0.5, 0.6) is 5.75 Å². The number of nitrogens with zero attached hydrogens (tertiary/aromatic N) is 3. The summed E-state index contributed by atoms with van der Waals surface area (Å²) < 4.78 is 26.4. The minimum atomic E-state index is -2.22. The molecule has 324 valence electrons. The predicted octanol–water partition coefficient (Wildman–Crippen LogP) is 16.3. The zero-order chi connectivity index (χ0) is 48.3. The summed E-state index contributed by atoms with van der Waals surface area (Å²) in [5.74, 6) is 0.887. The molecule has 0 bridgehead atoms. The van der Waals surface area contributed by atoms with E-state index in [1.165, 1.54) is 0 Å². The molecule has 9 rings (SSSR count). The van der Waals surface area contributed by atoms with Gasteiger partial charge in [-0.15, -0.1) is 0 Å². The highest BCUT2D eigenvalue weighted by Gasteiger charge is 2.30. The first-order valence-electron chi connectivity index (χ1n) is 24.0. The zero-order valence-corrected chi connectivity index (χ0v) is 39.0. The number of aromatic hydroxyl groups is 1. The molecular weight excluding hydrogens is 791 g/mol. The number of rotatable bonds is 7. The van der Waals surface area contributed by atoms with Crippen LogP contribution in [0.1, 0.15) is 88.7 Å². The predicted molar refractivity (Wildman–Crippen MR) is 274 cm³/mol. The van der Waals surface area contributed by atoms with Crippen molar-refractivity contribution in [3.63, 3.8) is 0 Å². The lowest BCUT2D eigenvalue weighted by molar-refractivity contribution is 0.446. The van der Waals surface area contributed by atoms with E-state index >= 15 is 0 Å². The lowest BCUT2D eigenvalue weighted by Crippen LogP contribution is -2.18. The molecule has 0 atom stereocenters. The highest BCUT2D eigenvalue weighted by Crippen LogP contribution is 2.46. The Hall–Kier alpha value is -7.04. The molecule has 0 aliphatic heterocycles. The number of aryl methyl sites for hydroxylation is 1. The lowest BCUT2D eigenvalue weighted by atomic mass is 9.78. The van der Waals surface area contributed by atoms with Crippen LogP contribution in [0.15, 0.2) is 170 Å². The summed E-state index contributed by atoms with van der Waals surface area (Å²) in [5, 5.41) is 12.6. The molecule has 0 unspecified atom stereocenters. The molecule has 0 spiro atoms. The molecule has 4 heteroatoms. The summed E-state index contributed by atoms with van der Waals surface area (Å²) in [6.45, 7) is 17.6. The van der Waals surface area contributed by atoms with Crippen molar-refractivity contribution in [3.05, 3.63) is 192 Å². The van der Waals surface area contributed by atoms with Crippen LogP contribution in [-0.2, 0) is 16.2 Å². The van der Waals surface area contributed by atoms with Crippen LogP contribution in [-0.4, -0.2) is 19.6 Å². The van der Waals surface area contributed by atoms with Crippen LogP contribution in [0.2, 0.25) is 0 Å². The Morgan fingerprint density at radius 2 is 1.09 bits per heavy atom. The highest BCUT2D eigenvalue weighted by atomic mass is 16.3. The quantitative estimate of drug-likeness (QED) is 0.174. The smallest absolute Gasteiger partial charge is 0.149 e. The van der Waals surface area contributed by atoms with Crippen LogP contribution in [0.3, 0.4) is 0 Å². The fraction of sp³-hybridized carbons (Fsp3) is 0.213. The molecule has 0 saturated carbocycles. The monoisotopic (exact) mass is 852 g/mol. The molecule has 0 amide bonds. The van der Waals surface area contributed by atoms with Crippen molar-refractivity contribution in [1.29, 1.82) is 0 Å². The fourth-order valence-corrected chi connectivity index (χ4v) is 8.90. The number of para-hydroxylation sites is 1. The SMILES string of the molecule is [2H]C([2H])([2H])c1cccc(-c2ccnc(-c3cc(-c4ccccc4)cc(-c4cccc5c4nc(-c4cc(C(C)(C)C)cc(C(C)(C)C)c4O)n5-c4ccc(-c5ccccc5)cc4C(C)(C)C)c3)c2)c1. The minimum absolute atomic E-state index is 0.212. The van der Waals surface area contributed by atoms with E-state index in [1.807, 2.05) is 42.5 Å². The van der Waals surface area contributed by atoms with E-state index in [0.29, 0.717) is 17.0 Å². The first-order valence-corrected chi connectivity index (χ1v) is 22.5. The number of imidazole rings is 1. The van der Waals surface area contributed by atoms with Crippen LogP contribution >= 0.6 is 0 Å². The van der Waals surface area contributed by atoms with E-state index in [1.54, 1.807) is 24.4 Å². The first kappa shape index (κ1) is 39.5. The summed E-state index contributed by atoms with van der Waals surface area (Å²) in [5.41, 5.74) is 15.6. The first-order chi connectivity index (χ1) is 32.1. The van der Waals surface area contributed by atoms with Crippen molar-refractivity contribution < 1.29 is 9.22 Å². The Kier molecular flexibility index (Phi) is 10.0. The number of pyridine rings is 1. The van der Waals surface area contributed by atoms with Gasteiger partial charge in [0, 0.05) is 27.0 Å². The van der Waals surface area contributed by atoms with Gasteiger partial charge < -0.3 is 5.11 Å². The molecule has 4 nitrogen and oxygen atoms in total. The lowest BCUT2D eigenvalue weighted by Gasteiger charge is -2.28. The van der Waals surface area contributed by atoms with Gasteiger partial charge in [0.05, 0.1) is 28.0 Å². The molecule has 7 aromatic carbocycles. The molecule has 1 N–H and O–H groups in total. The number of hydrogen-bond acceptors (Lipinski definition) is 3. The maximum atomic E-state index is 12.6. The third-order valence-electron chi connectivity index (χ3n) is 12.5. The molecule has 2 aromatic heterocycles. The van der Waals surface area contributed by atoms with E-state index in [2.05, 4.69) is 170 Å². The molecule has 0 radical (unpaired) electrons. The Bertz CT molecular complexity index is 3330. The molecule has 9 aromatic rings. The van der Waals surface area contributed by atoms with Crippen molar-refractivity contribution in [1.82, 2.24) is 14.5 Å². The highest BCUT2D eigenvalue weighted by molar-refractivity contribution is 5.98. The van der Waals surface area contributed by atoms with Gasteiger partial charge in [-0.25, -0.2) is 4.98 Å². The maximum absolute atomic E-state index is 12.6. The summed E-state index contributed by atoms with van der Waals surface area (Å²) >= 11 is 0. The van der Waals surface area contributed by atoms with Crippen LogP contribution in [0.4, 0.5) is 0 Å². The summed E-state index contributed by atoms with van der Waals surface area (Å²) in [6.07, 6.45) is 1.79. The zero-order valence-electron chi connectivity index (χ0n) is 42.0. The van der Waals surface area contributed by atoms with E-state index < -0.39 is 6.85 Å². The number of fused-ring (bicyclic) bond motifs is 1.